The molecule has 1 heterocycles. The average Bonchev–Trinajstić information content (AvgIpc) is 2.74. The van der Waals surface area contributed by atoms with Crippen LogP contribution < -0.4 is 10.0 Å². The average molecular weight is 499 g/mol. The summed E-state index contributed by atoms with van der Waals surface area (Å²) in [6.07, 6.45) is -0.422. The van der Waals surface area contributed by atoms with Gasteiger partial charge in [0.25, 0.3) is 10.0 Å². The molecule has 0 aliphatic carbocycles. The second-order valence-electron chi connectivity index (χ2n) is 8.90. The van der Waals surface area contributed by atoms with Gasteiger partial charge in [-0.3, -0.25) is 4.99 Å². The van der Waals surface area contributed by atoms with E-state index in [0.29, 0.717) is 32.7 Å². The van der Waals surface area contributed by atoms with Gasteiger partial charge in [0.2, 0.25) is 5.96 Å². The highest BCUT2D eigenvalue weighted by Crippen LogP contribution is 2.12. The van der Waals surface area contributed by atoms with Crippen LogP contribution in [0.4, 0.5) is 4.79 Å². The number of guanidine groups is 1. The van der Waals surface area contributed by atoms with E-state index in [1.54, 1.807) is 37.8 Å². The Hall–Kier alpha value is -2.86. The van der Waals surface area contributed by atoms with Crippen molar-refractivity contribution >= 4 is 28.0 Å². The first kappa shape index (κ1) is 27.4. The third-order valence-electron chi connectivity index (χ3n) is 4.77. The number of alkyl carbamates (subject to hydrolysis) is 1. The number of hydrogen-bond acceptors (Lipinski definition) is 7. The second-order valence-corrected chi connectivity index (χ2v) is 10.6. The molecule has 0 spiro atoms. The molecule has 0 aromatic heterocycles. The lowest BCUT2D eigenvalue weighted by atomic mass is 10.1. The van der Waals surface area contributed by atoms with Crippen LogP contribution in [0.5, 0.6) is 0 Å². The largest absolute Gasteiger partial charge is 0.480 e. The van der Waals surface area contributed by atoms with Gasteiger partial charge >= 0.3 is 12.1 Å². The van der Waals surface area contributed by atoms with Crippen LogP contribution in [0.1, 0.15) is 39.2 Å². The van der Waals surface area contributed by atoms with Gasteiger partial charge in [0, 0.05) is 19.6 Å². The molecule has 3 N–H and O–H groups in total. The molecular formula is C22H34N4O7S. The highest BCUT2D eigenvalue weighted by Gasteiger charge is 2.25. The zero-order valence-electron chi connectivity index (χ0n) is 20.0. The number of nitrogens with zero attached hydrogens (tertiary/aromatic N) is 2. The number of aliphatic imine (C=N–C) groups is 1. The summed E-state index contributed by atoms with van der Waals surface area (Å²) in [4.78, 5) is 29.7. The molecule has 1 saturated heterocycles. The van der Waals surface area contributed by atoms with Crippen molar-refractivity contribution in [3.63, 3.8) is 0 Å². The van der Waals surface area contributed by atoms with Crippen molar-refractivity contribution in [1.29, 1.82) is 0 Å². The second kappa shape index (κ2) is 12.0. The molecule has 1 aliphatic heterocycles. The molecule has 1 aromatic carbocycles. The molecule has 0 radical (unpaired) electrons. The van der Waals surface area contributed by atoms with E-state index in [2.05, 4.69) is 15.0 Å². The maximum atomic E-state index is 12.9. The topological polar surface area (TPSA) is 147 Å². The maximum Gasteiger partial charge on any atom is 0.408 e. The summed E-state index contributed by atoms with van der Waals surface area (Å²) in [6.45, 7) is 8.87. The molecule has 190 valence electrons. The lowest BCUT2D eigenvalue weighted by Crippen LogP contribution is -2.49. The number of benzene rings is 1. The number of hydrogen-bond donors (Lipinski definition) is 3. The van der Waals surface area contributed by atoms with E-state index >= 15 is 0 Å². The van der Waals surface area contributed by atoms with Crippen LogP contribution in [0.25, 0.3) is 0 Å². The number of rotatable bonds is 8. The smallest absolute Gasteiger partial charge is 0.408 e. The van der Waals surface area contributed by atoms with Crippen LogP contribution >= 0.6 is 0 Å². The van der Waals surface area contributed by atoms with Gasteiger partial charge in [-0.2, -0.15) is 0 Å². The normalized spacial score (nSPS) is 16.0. The lowest BCUT2D eigenvalue weighted by molar-refractivity contribution is -0.139. The first-order valence-electron chi connectivity index (χ1n) is 11.1. The number of amides is 1. The third kappa shape index (κ3) is 9.18. The molecule has 0 unspecified atom stereocenters. The van der Waals surface area contributed by atoms with Gasteiger partial charge in [0.05, 0.1) is 18.1 Å². The maximum absolute atomic E-state index is 12.9. The van der Waals surface area contributed by atoms with E-state index in [1.165, 1.54) is 12.1 Å². The van der Waals surface area contributed by atoms with E-state index in [-0.39, 0.29) is 23.8 Å². The molecule has 11 nitrogen and oxygen atoms in total. The summed E-state index contributed by atoms with van der Waals surface area (Å²) in [5, 5.41) is 11.8. The van der Waals surface area contributed by atoms with Gasteiger partial charge in [-0.1, -0.05) is 17.7 Å². The van der Waals surface area contributed by atoms with E-state index in [1.807, 2.05) is 6.92 Å². The number of nitrogens with one attached hydrogen (secondary N) is 2. The minimum absolute atomic E-state index is 0.0964. The van der Waals surface area contributed by atoms with Gasteiger partial charge in [-0.15, -0.1) is 0 Å². The SMILES string of the molecule is Cc1ccc(S(=O)(=O)NC(=NCCC[C@H](NC(=O)OC(C)(C)C)C(=O)O)N2CCOCC2)cc1. The number of carboxylic acid groups (broad SMARTS) is 1. The van der Waals surface area contributed by atoms with Crippen molar-refractivity contribution in [2.75, 3.05) is 32.8 Å². The molecule has 12 heteroatoms. The fraction of sp³-hybridized carbons (Fsp3) is 0.591. The van der Waals surface area contributed by atoms with Gasteiger partial charge in [-0.05, 0) is 52.7 Å². The Bertz CT molecular complexity index is 966. The quantitative estimate of drug-likeness (QED) is 0.279. The van der Waals surface area contributed by atoms with Crippen molar-refractivity contribution in [1.82, 2.24) is 14.9 Å². The van der Waals surface area contributed by atoms with Gasteiger partial charge in [0.15, 0.2) is 0 Å². The number of morpholine rings is 1. The number of aryl methyl sites for hydroxylation is 1. The molecule has 1 atom stereocenters. The van der Waals surface area contributed by atoms with E-state index in [4.69, 9.17) is 9.47 Å². The molecule has 2 rings (SSSR count). The number of carbonyl (C=O) groups is 2. The Labute approximate surface area is 200 Å². The molecule has 1 aliphatic rings. The molecule has 0 bridgehead atoms. The molecular weight excluding hydrogens is 464 g/mol. The molecule has 0 saturated carbocycles. The van der Waals surface area contributed by atoms with Crippen molar-refractivity contribution in [2.24, 2.45) is 4.99 Å². The van der Waals surface area contributed by atoms with Crippen molar-refractivity contribution in [3.8, 4) is 0 Å². The summed E-state index contributed by atoms with van der Waals surface area (Å²) in [5.41, 5.74) is 0.188. The fourth-order valence-corrected chi connectivity index (χ4v) is 4.10. The van der Waals surface area contributed by atoms with E-state index in [0.717, 1.165) is 5.56 Å². The zero-order chi connectivity index (χ0) is 25.4. The molecule has 1 aromatic rings. The lowest BCUT2D eigenvalue weighted by Gasteiger charge is -2.30. The predicted molar refractivity (Wildman–Crippen MR) is 126 cm³/mol. The molecule has 1 fully saturated rings. The standard InChI is InChI=1S/C22H34N4O7S/c1-16-7-9-17(10-8-16)34(30,31)25-20(26-12-14-32-15-13-26)23-11-5-6-18(19(27)28)24-21(29)33-22(2,3)4/h7-10,18H,5-6,11-15H2,1-4H3,(H,23,25)(H,24,29)(H,27,28)/t18-/m0/s1. The summed E-state index contributed by atoms with van der Waals surface area (Å²) in [6, 6.07) is 5.32. The van der Waals surface area contributed by atoms with Gasteiger partial charge < -0.3 is 24.8 Å². The van der Waals surface area contributed by atoms with E-state index in [9.17, 15) is 23.1 Å². The Balaban J connectivity index is 2.05. The third-order valence-corrected chi connectivity index (χ3v) is 6.11. The predicted octanol–water partition coefficient (Wildman–Crippen LogP) is 1.72. The van der Waals surface area contributed by atoms with Gasteiger partial charge in [0.1, 0.15) is 11.6 Å². The Kier molecular flexibility index (Phi) is 9.68. The van der Waals surface area contributed by atoms with Crippen LogP contribution in [-0.4, -0.2) is 80.9 Å². The summed E-state index contributed by atoms with van der Waals surface area (Å²) >= 11 is 0. The van der Waals surface area contributed by atoms with Crippen LogP contribution in [-0.2, 0) is 24.3 Å². The summed E-state index contributed by atoms with van der Waals surface area (Å²) in [7, 11) is -3.86. The number of carbonyl (C=O) groups excluding carboxylic acids is 1. The van der Waals surface area contributed by atoms with Crippen molar-refractivity contribution in [3.05, 3.63) is 29.8 Å². The fourth-order valence-electron chi connectivity index (χ4n) is 3.06. The van der Waals surface area contributed by atoms with E-state index < -0.39 is 33.7 Å². The first-order valence-corrected chi connectivity index (χ1v) is 12.5. The molecule has 1 amide bonds. The number of sulfonamides is 1. The van der Waals surface area contributed by atoms with Crippen LogP contribution in [0.15, 0.2) is 34.2 Å². The summed E-state index contributed by atoms with van der Waals surface area (Å²) in [5.74, 6) is -1.01. The molecule has 34 heavy (non-hydrogen) atoms. The highest BCUT2D eigenvalue weighted by atomic mass is 32.2. The number of ether oxygens (including phenoxy) is 2. The first-order chi connectivity index (χ1) is 15.9. The Morgan fingerprint density at radius 2 is 1.82 bits per heavy atom. The zero-order valence-corrected chi connectivity index (χ0v) is 20.9. The van der Waals surface area contributed by atoms with Crippen LogP contribution in [0.3, 0.4) is 0 Å². The summed E-state index contributed by atoms with van der Waals surface area (Å²) < 4.78 is 38.8. The minimum Gasteiger partial charge on any atom is -0.480 e. The Morgan fingerprint density at radius 3 is 2.38 bits per heavy atom. The van der Waals surface area contributed by atoms with Gasteiger partial charge in [-0.25, -0.2) is 22.7 Å². The highest BCUT2D eigenvalue weighted by molar-refractivity contribution is 7.90. The number of aliphatic carboxylic acids is 1. The van der Waals surface area contributed by atoms with Crippen molar-refractivity contribution < 1.29 is 32.6 Å². The minimum atomic E-state index is -3.86. The monoisotopic (exact) mass is 498 g/mol. The van der Waals surface area contributed by atoms with Crippen molar-refractivity contribution in [2.45, 2.75) is 57.1 Å². The van der Waals surface area contributed by atoms with Crippen LogP contribution in [0, 0.1) is 6.92 Å². The Morgan fingerprint density at radius 1 is 1.21 bits per heavy atom. The number of carboxylic acids is 1. The van der Waals surface area contributed by atoms with Crippen LogP contribution in [0.2, 0.25) is 0 Å².